The Balaban J connectivity index is 2.00. The van der Waals surface area contributed by atoms with E-state index in [1.54, 1.807) is 18.0 Å². The molecule has 1 amide bonds. The van der Waals surface area contributed by atoms with Gasteiger partial charge in [-0.2, -0.15) is 0 Å². The van der Waals surface area contributed by atoms with E-state index in [1.807, 2.05) is 30.3 Å². The van der Waals surface area contributed by atoms with Crippen molar-refractivity contribution in [3.8, 4) is 0 Å². The number of furan rings is 1. The summed E-state index contributed by atoms with van der Waals surface area (Å²) in [6.07, 6.45) is 1.71. The molecule has 2 rings (SSSR count). The molecule has 1 atom stereocenters. The van der Waals surface area contributed by atoms with Gasteiger partial charge >= 0.3 is 5.97 Å². The van der Waals surface area contributed by atoms with Crippen LogP contribution in [0.3, 0.4) is 0 Å². The number of aromatic nitrogens is 1. The lowest BCUT2D eigenvalue weighted by Crippen LogP contribution is -2.42. The van der Waals surface area contributed by atoms with Crippen LogP contribution in [0.15, 0.2) is 51.1 Å². The van der Waals surface area contributed by atoms with E-state index in [-0.39, 0.29) is 5.91 Å². The average Bonchev–Trinajstić information content (AvgIpc) is 3.00. The zero-order valence-electron chi connectivity index (χ0n) is 14.1. The number of amides is 1. The number of nitrogens with zero attached hydrogens (tertiary/aromatic N) is 2. The minimum Gasteiger partial charge on any atom is -0.480 e. The molecule has 2 N–H and O–H groups in total. The van der Waals surface area contributed by atoms with Crippen LogP contribution in [-0.4, -0.2) is 46.0 Å². The SMILES string of the molecule is CC(=O)NCCN(Cc1ccc(Sc2ccccn2)o1)C(C)C(=O)O. The third-order valence-corrected chi connectivity index (χ3v) is 4.39. The summed E-state index contributed by atoms with van der Waals surface area (Å²) in [5.74, 6) is -0.401. The highest BCUT2D eigenvalue weighted by molar-refractivity contribution is 7.99. The third-order valence-electron chi connectivity index (χ3n) is 3.52. The minimum absolute atomic E-state index is 0.144. The number of carboxylic acid groups (broad SMARTS) is 1. The highest BCUT2D eigenvalue weighted by Gasteiger charge is 2.22. The summed E-state index contributed by atoms with van der Waals surface area (Å²) in [4.78, 5) is 28.3. The van der Waals surface area contributed by atoms with E-state index in [1.165, 1.54) is 18.7 Å². The van der Waals surface area contributed by atoms with Crippen LogP contribution in [0.5, 0.6) is 0 Å². The molecule has 0 spiro atoms. The van der Waals surface area contributed by atoms with Gasteiger partial charge in [0.1, 0.15) is 16.8 Å². The van der Waals surface area contributed by atoms with Crippen molar-refractivity contribution in [2.24, 2.45) is 0 Å². The minimum atomic E-state index is -0.919. The Kier molecular flexibility index (Phi) is 7.03. The van der Waals surface area contributed by atoms with Crippen molar-refractivity contribution in [3.63, 3.8) is 0 Å². The van der Waals surface area contributed by atoms with Gasteiger partial charge < -0.3 is 14.8 Å². The van der Waals surface area contributed by atoms with Crippen molar-refractivity contribution in [1.29, 1.82) is 0 Å². The van der Waals surface area contributed by atoms with Gasteiger partial charge in [-0.1, -0.05) is 6.07 Å². The molecule has 0 radical (unpaired) electrons. The molecule has 25 heavy (non-hydrogen) atoms. The van der Waals surface area contributed by atoms with Crippen molar-refractivity contribution >= 4 is 23.6 Å². The fourth-order valence-electron chi connectivity index (χ4n) is 2.15. The molecule has 0 fully saturated rings. The molecule has 7 nitrogen and oxygen atoms in total. The van der Waals surface area contributed by atoms with E-state index in [0.29, 0.717) is 30.5 Å². The van der Waals surface area contributed by atoms with Crippen LogP contribution in [0.1, 0.15) is 19.6 Å². The van der Waals surface area contributed by atoms with Gasteiger partial charge in [0.05, 0.1) is 6.54 Å². The molecule has 0 saturated heterocycles. The number of aliphatic carboxylic acids is 1. The number of carboxylic acids is 1. The number of pyridine rings is 1. The maximum Gasteiger partial charge on any atom is 0.320 e. The summed E-state index contributed by atoms with van der Waals surface area (Å²) in [7, 11) is 0. The molecule has 0 aliphatic heterocycles. The first-order chi connectivity index (χ1) is 12.0. The molecule has 0 bridgehead atoms. The molecule has 0 aliphatic carbocycles. The predicted octanol–water partition coefficient (Wildman–Crippen LogP) is 2.24. The Morgan fingerprint density at radius 1 is 1.36 bits per heavy atom. The first kappa shape index (κ1) is 19.0. The second-order valence-electron chi connectivity index (χ2n) is 5.46. The van der Waals surface area contributed by atoms with E-state index >= 15 is 0 Å². The molecule has 2 aromatic heterocycles. The van der Waals surface area contributed by atoms with Gasteiger partial charge in [0.2, 0.25) is 5.91 Å². The molecule has 0 saturated carbocycles. The van der Waals surface area contributed by atoms with Crippen molar-refractivity contribution in [2.45, 2.75) is 36.6 Å². The number of rotatable bonds is 9. The van der Waals surface area contributed by atoms with E-state index < -0.39 is 12.0 Å². The summed E-state index contributed by atoms with van der Waals surface area (Å²) in [5.41, 5.74) is 0. The van der Waals surface area contributed by atoms with Gasteiger partial charge in [-0.15, -0.1) is 0 Å². The van der Waals surface area contributed by atoms with E-state index in [0.717, 1.165) is 5.03 Å². The summed E-state index contributed by atoms with van der Waals surface area (Å²) >= 11 is 1.40. The van der Waals surface area contributed by atoms with Gasteiger partial charge in [0.15, 0.2) is 5.09 Å². The van der Waals surface area contributed by atoms with Crippen LogP contribution in [0.4, 0.5) is 0 Å². The van der Waals surface area contributed by atoms with E-state index in [9.17, 15) is 14.7 Å². The lowest BCUT2D eigenvalue weighted by molar-refractivity contribution is -0.142. The highest BCUT2D eigenvalue weighted by Crippen LogP contribution is 2.28. The van der Waals surface area contributed by atoms with Crippen LogP contribution in [-0.2, 0) is 16.1 Å². The van der Waals surface area contributed by atoms with Gasteiger partial charge in [-0.3, -0.25) is 14.5 Å². The Labute approximate surface area is 150 Å². The fraction of sp³-hybridized carbons (Fsp3) is 0.353. The molecule has 8 heteroatoms. The van der Waals surface area contributed by atoms with E-state index in [2.05, 4.69) is 10.3 Å². The quantitative estimate of drug-likeness (QED) is 0.705. The third kappa shape index (κ3) is 6.24. The molecule has 0 aliphatic rings. The maximum atomic E-state index is 11.3. The smallest absolute Gasteiger partial charge is 0.320 e. The zero-order valence-corrected chi connectivity index (χ0v) is 15.0. The largest absolute Gasteiger partial charge is 0.480 e. The molecular weight excluding hydrogens is 342 g/mol. The number of hydrogen-bond acceptors (Lipinski definition) is 6. The highest BCUT2D eigenvalue weighted by atomic mass is 32.2. The monoisotopic (exact) mass is 363 g/mol. The first-order valence-electron chi connectivity index (χ1n) is 7.84. The summed E-state index contributed by atoms with van der Waals surface area (Å²) in [5, 5.41) is 13.5. The van der Waals surface area contributed by atoms with Crippen molar-refractivity contribution in [3.05, 3.63) is 42.3 Å². The second kappa shape index (κ2) is 9.24. The molecule has 1 unspecified atom stereocenters. The molecular formula is C17H21N3O4S. The lowest BCUT2D eigenvalue weighted by Gasteiger charge is -2.25. The van der Waals surface area contributed by atoms with E-state index in [4.69, 9.17) is 4.42 Å². The van der Waals surface area contributed by atoms with Crippen molar-refractivity contribution in [2.75, 3.05) is 13.1 Å². The zero-order chi connectivity index (χ0) is 18.2. The van der Waals surface area contributed by atoms with Crippen LogP contribution >= 0.6 is 11.8 Å². The molecule has 0 aromatic carbocycles. The maximum absolute atomic E-state index is 11.3. The Morgan fingerprint density at radius 3 is 2.80 bits per heavy atom. The van der Waals surface area contributed by atoms with Gasteiger partial charge in [-0.25, -0.2) is 4.98 Å². The van der Waals surface area contributed by atoms with Crippen molar-refractivity contribution < 1.29 is 19.1 Å². The Morgan fingerprint density at radius 2 is 2.16 bits per heavy atom. The molecule has 2 aromatic rings. The topological polar surface area (TPSA) is 95.7 Å². The second-order valence-corrected chi connectivity index (χ2v) is 6.48. The Hall–Kier alpha value is -2.32. The predicted molar refractivity (Wildman–Crippen MR) is 93.3 cm³/mol. The number of nitrogens with one attached hydrogen (secondary N) is 1. The number of carbonyl (C=O) groups is 2. The molecule has 2 heterocycles. The normalized spacial score (nSPS) is 12.1. The summed E-state index contributed by atoms with van der Waals surface area (Å²) in [6.45, 7) is 4.18. The van der Waals surface area contributed by atoms with Crippen molar-refractivity contribution in [1.82, 2.24) is 15.2 Å². The molecule has 134 valence electrons. The van der Waals surface area contributed by atoms with Gasteiger partial charge in [-0.05, 0) is 43.0 Å². The Bertz CT molecular complexity index is 705. The van der Waals surface area contributed by atoms with Gasteiger partial charge in [0.25, 0.3) is 0 Å². The van der Waals surface area contributed by atoms with Crippen LogP contribution in [0, 0.1) is 0 Å². The summed E-state index contributed by atoms with van der Waals surface area (Å²) < 4.78 is 5.78. The summed E-state index contributed by atoms with van der Waals surface area (Å²) in [6, 6.07) is 8.61. The van der Waals surface area contributed by atoms with Crippen LogP contribution in [0.2, 0.25) is 0 Å². The standard InChI is InChI=1S/C17H21N3O4S/c1-12(17(22)23)20(10-9-18-13(2)21)11-14-6-7-16(24-14)25-15-5-3-4-8-19-15/h3-8,12H,9-11H2,1-2H3,(H,18,21)(H,22,23). The fourth-order valence-corrected chi connectivity index (χ4v) is 2.90. The van der Waals surface area contributed by atoms with Crippen LogP contribution < -0.4 is 5.32 Å². The average molecular weight is 363 g/mol. The number of carbonyl (C=O) groups excluding carboxylic acids is 1. The van der Waals surface area contributed by atoms with Crippen LogP contribution in [0.25, 0.3) is 0 Å². The number of hydrogen-bond donors (Lipinski definition) is 2. The van der Waals surface area contributed by atoms with Gasteiger partial charge in [0, 0.05) is 26.2 Å². The first-order valence-corrected chi connectivity index (χ1v) is 8.66. The lowest BCUT2D eigenvalue weighted by atomic mass is 10.2.